The minimum Gasteiger partial charge on any atom is -0.343 e. The fourth-order valence-corrected chi connectivity index (χ4v) is 1.76. The molecule has 0 radical (unpaired) electrons. The lowest BCUT2D eigenvalue weighted by Gasteiger charge is -2.07. The van der Waals surface area contributed by atoms with Crippen LogP contribution in [0.3, 0.4) is 0 Å². The van der Waals surface area contributed by atoms with Gasteiger partial charge in [0.25, 0.3) is 5.91 Å². The molecule has 2 aromatic rings. The van der Waals surface area contributed by atoms with E-state index in [1.54, 1.807) is 30.5 Å². The molecule has 2 rings (SSSR count). The van der Waals surface area contributed by atoms with Crippen molar-refractivity contribution in [3.05, 3.63) is 58.8 Å². The molecule has 0 atom stereocenters. The second-order valence-corrected chi connectivity index (χ2v) is 4.90. The molecule has 1 aromatic heterocycles. The molecule has 5 nitrogen and oxygen atoms in total. The lowest BCUT2D eigenvalue weighted by atomic mass is 10.2. The number of carbonyl (C=O) groups excluding carboxylic acids is 2. The smallest absolute Gasteiger partial charge is 0.253 e. The van der Waals surface area contributed by atoms with Crippen molar-refractivity contribution in [2.24, 2.45) is 0 Å². The molecule has 102 valence electrons. The molecule has 0 saturated carbocycles. The lowest BCUT2D eigenvalue weighted by Crippen LogP contribution is -2.32. The van der Waals surface area contributed by atoms with E-state index in [4.69, 9.17) is 0 Å². The fraction of sp³-hybridized carbons (Fsp3) is 0.0714. The van der Waals surface area contributed by atoms with Crippen LogP contribution < -0.4 is 10.6 Å². The van der Waals surface area contributed by atoms with Gasteiger partial charge in [-0.25, -0.2) is 0 Å². The minimum atomic E-state index is -0.330. The molecular formula is C14H12BrN3O2. The van der Waals surface area contributed by atoms with Gasteiger partial charge in [-0.2, -0.15) is 0 Å². The summed E-state index contributed by atoms with van der Waals surface area (Å²) in [6, 6.07) is 10.5. The monoisotopic (exact) mass is 333 g/mol. The zero-order valence-electron chi connectivity index (χ0n) is 10.5. The van der Waals surface area contributed by atoms with Gasteiger partial charge >= 0.3 is 0 Å². The third kappa shape index (κ3) is 4.17. The number of hydrogen-bond acceptors (Lipinski definition) is 3. The molecule has 2 N–H and O–H groups in total. The molecule has 0 unspecified atom stereocenters. The number of carbonyl (C=O) groups is 2. The molecule has 0 aliphatic rings. The summed E-state index contributed by atoms with van der Waals surface area (Å²) >= 11 is 3.31. The normalized spacial score (nSPS) is 9.85. The van der Waals surface area contributed by atoms with E-state index >= 15 is 0 Å². The van der Waals surface area contributed by atoms with Crippen molar-refractivity contribution in [1.82, 2.24) is 10.3 Å². The first kappa shape index (κ1) is 14.2. The average molecular weight is 334 g/mol. The van der Waals surface area contributed by atoms with E-state index in [2.05, 4.69) is 31.5 Å². The number of benzene rings is 1. The summed E-state index contributed by atoms with van der Waals surface area (Å²) in [5.74, 6) is -0.617. The van der Waals surface area contributed by atoms with Gasteiger partial charge in [0, 0.05) is 22.6 Å². The van der Waals surface area contributed by atoms with Crippen molar-refractivity contribution in [1.29, 1.82) is 0 Å². The maximum atomic E-state index is 11.7. The molecule has 0 saturated heterocycles. The Bertz CT molecular complexity index is 600. The third-order valence-electron chi connectivity index (χ3n) is 2.46. The van der Waals surface area contributed by atoms with E-state index in [-0.39, 0.29) is 18.4 Å². The van der Waals surface area contributed by atoms with Crippen molar-refractivity contribution in [2.45, 2.75) is 0 Å². The molecule has 0 spiro atoms. The molecule has 2 amide bonds. The number of rotatable bonds is 4. The first-order valence-corrected chi connectivity index (χ1v) is 6.68. The Balaban J connectivity index is 1.83. The second-order valence-electron chi connectivity index (χ2n) is 3.98. The number of pyridine rings is 1. The molecule has 0 aliphatic carbocycles. The Labute approximate surface area is 124 Å². The Kier molecular flexibility index (Phi) is 4.84. The topological polar surface area (TPSA) is 71.1 Å². The van der Waals surface area contributed by atoms with Crippen LogP contribution in [0.4, 0.5) is 5.69 Å². The van der Waals surface area contributed by atoms with Gasteiger partial charge in [-0.05, 0) is 36.4 Å². The van der Waals surface area contributed by atoms with Crippen LogP contribution in [0, 0.1) is 0 Å². The molecule has 0 fully saturated rings. The van der Waals surface area contributed by atoms with Gasteiger partial charge in [0.2, 0.25) is 5.91 Å². The van der Waals surface area contributed by atoms with Crippen LogP contribution in [0.25, 0.3) is 0 Å². The molecule has 1 heterocycles. The fourth-order valence-electron chi connectivity index (χ4n) is 1.50. The minimum absolute atomic E-state index is 0.0935. The van der Waals surface area contributed by atoms with Crippen LogP contribution in [0.15, 0.2) is 53.3 Å². The van der Waals surface area contributed by atoms with Crippen molar-refractivity contribution in [3.63, 3.8) is 0 Å². The molecule has 20 heavy (non-hydrogen) atoms. The SMILES string of the molecule is O=C(CNC(=O)c1cccnc1)Nc1ccc(Br)cc1. The van der Waals surface area contributed by atoms with Gasteiger partial charge in [-0.3, -0.25) is 14.6 Å². The number of halogens is 1. The van der Waals surface area contributed by atoms with Gasteiger partial charge in [-0.1, -0.05) is 15.9 Å². The van der Waals surface area contributed by atoms with E-state index in [9.17, 15) is 9.59 Å². The number of anilines is 1. The van der Waals surface area contributed by atoms with Gasteiger partial charge < -0.3 is 10.6 Å². The van der Waals surface area contributed by atoms with Crippen LogP contribution in [-0.4, -0.2) is 23.3 Å². The molecular weight excluding hydrogens is 322 g/mol. The zero-order chi connectivity index (χ0) is 14.4. The van der Waals surface area contributed by atoms with Crippen molar-refractivity contribution in [3.8, 4) is 0 Å². The number of nitrogens with zero attached hydrogens (tertiary/aromatic N) is 1. The standard InChI is InChI=1S/C14H12BrN3O2/c15-11-3-5-12(6-4-11)18-13(19)9-17-14(20)10-2-1-7-16-8-10/h1-8H,9H2,(H,17,20)(H,18,19). The second kappa shape index (κ2) is 6.81. The summed E-state index contributed by atoms with van der Waals surface area (Å²) in [5.41, 5.74) is 1.10. The van der Waals surface area contributed by atoms with Crippen LogP contribution >= 0.6 is 15.9 Å². The summed E-state index contributed by atoms with van der Waals surface area (Å²) in [5, 5.41) is 5.22. The number of aromatic nitrogens is 1. The number of hydrogen-bond donors (Lipinski definition) is 2. The summed E-state index contributed by atoms with van der Waals surface area (Å²) < 4.78 is 0.931. The predicted molar refractivity (Wildman–Crippen MR) is 79.3 cm³/mol. The Hall–Kier alpha value is -2.21. The van der Waals surface area contributed by atoms with Gasteiger partial charge in [0.15, 0.2) is 0 Å². The van der Waals surface area contributed by atoms with E-state index in [1.807, 2.05) is 12.1 Å². The highest BCUT2D eigenvalue weighted by molar-refractivity contribution is 9.10. The number of nitrogens with one attached hydrogen (secondary N) is 2. The summed E-state index contributed by atoms with van der Waals surface area (Å²) in [6.07, 6.45) is 3.03. The van der Waals surface area contributed by atoms with Gasteiger partial charge in [-0.15, -0.1) is 0 Å². The maximum absolute atomic E-state index is 11.7. The zero-order valence-corrected chi connectivity index (χ0v) is 12.1. The summed E-state index contributed by atoms with van der Waals surface area (Å²) in [7, 11) is 0. The van der Waals surface area contributed by atoms with Crippen molar-refractivity contribution in [2.75, 3.05) is 11.9 Å². The largest absolute Gasteiger partial charge is 0.343 e. The molecule has 1 aromatic carbocycles. The number of amides is 2. The van der Waals surface area contributed by atoms with E-state index in [0.29, 0.717) is 11.3 Å². The quantitative estimate of drug-likeness (QED) is 0.901. The maximum Gasteiger partial charge on any atom is 0.253 e. The molecule has 0 aliphatic heterocycles. The summed E-state index contributed by atoms with van der Waals surface area (Å²) in [6.45, 7) is -0.0935. The summed E-state index contributed by atoms with van der Waals surface area (Å²) in [4.78, 5) is 27.2. The Morgan fingerprint density at radius 3 is 2.55 bits per heavy atom. The van der Waals surface area contributed by atoms with Crippen LogP contribution in [-0.2, 0) is 4.79 Å². The van der Waals surface area contributed by atoms with Crippen LogP contribution in [0.2, 0.25) is 0 Å². The first-order valence-electron chi connectivity index (χ1n) is 5.89. The molecule has 0 bridgehead atoms. The van der Waals surface area contributed by atoms with E-state index in [1.165, 1.54) is 6.20 Å². The average Bonchev–Trinajstić information content (AvgIpc) is 2.48. The van der Waals surface area contributed by atoms with E-state index in [0.717, 1.165) is 4.47 Å². The van der Waals surface area contributed by atoms with Gasteiger partial charge in [0.1, 0.15) is 0 Å². The predicted octanol–water partition coefficient (Wildman–Crippen LogP) is 2.21. The Morgan fingerprint density at radius 2 is 1.90 bits per heavy atom. The van der Waals surface area contributed by atoms with Crippen LogP contribution in [0.5, 0.6) is 0 Å². The highest BCUT2D eigenvalue weighted by Gasteiger charge is 2.07. The molecule has 6 heteroatoms. The van der Waals surface area contributed by atoms with Crippen molar-refractivity contribution < 1.29 is 9.59 Å². The highest BCUT2D eigenvalue weighted by atomic mass is 79.9. The first-order chi connectivity index (χ1) is 9.65. The van der Waals surface area contributed by atoms with Crippen LogP contribution in [0.1, 0.15) is 10.4 Å². The highest BCUT2D eigenvalue weighted by Crippen LogP contribution is 2.13. The lowest BCUT2D eigenvalue weighted by molar-refractivity contribution is -0.115. The van der Waals surface area contributed by atoms with E-state index < -0.39 is 0 Å². The van der Waals surface area contributed by atoms with Gasteiger partial charge in [0.05, 0.1) is 12.1 Å². The Morgan fingerprint density at radius 1 is 1.15 bits per heavy atom. The third-order valence-corrected chi connectivity index (χ3v) is 2.99. The van der Waals surface area contributed by atoms with Crippen molar-refractivity contribution >= 4 is 33.4 Å².